The lowest BCUT2D eigenvalue weighted by Gasteiger charge is -2.11. The van der Waals surface area contributed by atoms with Crippen molar-refractivity contribution in [3.05, 3.63) is 96.6 Å². The van der Waals surface area contributed by atoms with Crippen LogP contribution in [-0.2, 0) is 6.42 Å². The van der Waals surface area contributed by atoms with E-state index >= 15 is 0 Å². The quantitative estimate of drug-likeness (QED) is 0.363. The Bertz CT molecular complexity index is 1440. The number of nitrogens with one attached hydrogen (secondary N) is 2. The van der Waals surface area contributed by atoms with Gasteiger partial charge in [0, 0.05) is 36.5 Å². The summed E-state index contributed by atoms with van der Waals surface area (Å²) in [6.45, 7) is 0. The van der Waals surface area contributed by atoms with Crippen molar-refractivity contribution in [2.24, 2.45) is 0 Å². The third kappa shape index (κ3) is 4.29. The molecule has 3 heterocycles. The number of rotatable bonds is 6. The average molecular weight is 445 g/mol. The summed E-state index contributed by atoms with van der Waals surface area (Å²) in [6, 6.07) is 13.5. The van der Waals surface area contributed by atoms with E-state index in [2.05, 4.69) is 20.3 Å². The summed E-state index contributed by atoms with van der Waals surface area (Å²) in [4.78, 5) is 24.0. The van der Waals surface area contributed by atoms with E-state index in [0.29, 0.717) is 22.6 Å². The van der Waals surface area contributed by atoms with Gasteiger partial charge in [0.05, 0.1) is 11.8 Å². The molecule has 0 aliphatic carbocycles. The number of aromatic amines is 1. The van der Waals surface area contributed by atoms with E-state index in [1.54, 1.807) is 42.7 Å². The lowest BCUT2D eigenvalue weighted by Crippen LogP contribution is -2.15. The number of ether oxygens (including phenoxy) is 1. The van der Waals surface area contributed by atoms with Crippen molar-refractivity contribution in [3.63, 3.8) is 0 Å². The maximum absolute atomic E-state index is 14.8. The Balaban J connectivity index is 1.32. The monoisotopic (exact) mass is 445 g/mol. The second kappa shape index (κ2) is 8.54. The van der Waals surface area contributed by atoms with E-state index < -0.39 is 5.82 Å². The number of halogens is 2. The van der Waals surface area contributed by atoms with Crippen LogP contribution < -0.4 is 10.1 Å². The Kier molecular flexibility index (Phi) is 5.27. The Labute approximate surface area is 186 Å². The molecule has 0 spiro atoms. The number of carbonyl (C=O) groups excluding carboxylic acids is 1. The minimum absolute atomic E-state index is 0.0463. The fourth-order valence-corrected chi connectivity index (χ4v) is 3.39. The summed E-state index contributed by atoms with van der Waals surface area (Å²) in [6.07, 6.45) is 6.34. The van der Waals surface area contributed by atoms with Crippen LogP contribution in [0.25, 0.3) is 11.0 Å². The molecule has 3 aromatic heterocycles. The highest BCUT2D eigenvalue weighted by atomic mass is 19.1. The smallest absolute Gasteiger partial charge is 0.237 e. The van der Waals surface area contributed by atoms with Crippen molar-refractivity contribution in [2.45, 2.75) is 6.42 Å². The van der Waals surface area contributed by atoms with Gasteiger partial charge < -0.3 is 15.0 Å². The first-order valence-electron chi connectivity index (χ1n) is 10.0. The second-order valence-electron chi connectivity index (χ2n) is 7.24. The molecule has 0 aliphatic heterocycles. The maximum Gasteiger partial charge on any atom is 0.237 e. The summed E-state index contributed by atoms with van der Waals surface area (Å²) in [5.41, 5.74) is 1.70. The highest BCUT2D eigenvalue weighted by Crippen LogP contribution is 2.31. The minimum atomic E-state index is -0.587. The number of imidazole rings is 1. The highest BCUT2D eigenvalue weighted by molar-refractivity contribution is 5.84. The summed E-state index contributed by atoms with van der Waals surface area (Å²) in [5, 5.41) is 3.68. The van der Waals surface area contributed by atoms with Gasteiger partial charge in [0.2, 0.25) is 11.9 Å². The molecule has 0 saturated heterocycles. The van der Waals surface area contributed by atoms with E-state index in [9.17, 15) is 13.6 Å². The van der Waals surface area contributed by atoms with Crippen LogP contribution >= 0.6 is 0 Å². The fraction of sp³-hybridized carbons (Fsp3) is 0.0417. The van der Waals surface area contributed by atoms with Gasteiger partial charge in [-0.15, -0.1) is 0 Å². The molecule has 5 rings (SSSR count). The molecule has 2 N–H and O–H groups in total. The van der Waals surface area contributed by atoms with Gasteiger partial charge in [-0.25, -0.2) is 18.7 Å². The van der Waals surface area contributed by atoms with Crippen LogP contribution in [0.4, 0.5) is 20.4 Å². The molecular formula is C24H17F2N5O2. The third-order valence-corrected chi connectivity index (χ3v) is 5.01. The molecule has 0 aliphatic rings. The van der Waals surface area contributed by atoms with Gasteiger partial charge in [0.25, 0.3) is 0 Å². The Morgan fingerprint density at radius 3 is 2.67 bits per heavy atom. The number of hydrogen-bond acceptors (Lipinski definition) is 5. The van der Waals surface area contributed by atoms with Gasteiger partial charge in [-0.3, -0.25) is 9.36 Å². The van der Waals surface area contributed by atoms with Crippen LogP contribution in [0, 0.1) is 11.6 Å². The topological polar surface area (TPSA) is 84.8 Å². The van der Waals surface area contributed by atoms with Gasteiger partial charge in [-0.05, 0) is 42.0 Å². The number of carbonyl (C=O) groups is 1. The highest BCUT2D eigenvalue weighted by Gasteiger charge is 2.14. The molecule has 0 bridgehead atoms. The molecule has 0 amide bonds. The van der Waals surface area contributed by atoms with E-state index in [0.717, 1.165) is 5.39 Å². The Morgan fingerprint density at radius 2 is 1.85 bits per heavy atom. The minimum Gasteiger partial charge on any atom is -0.453 e. The normalized spacial score (nSPS) is 11.0. The lowest BCUT2D eigenvalue weighted by atomic mass is 10.1. The number of pyridine rings is 1. The fourth-order valence-electron chi connectivity index (χ4n) is 3.39. The van der Waals surface area contributed by atoms with Crippen molar-refractivity contribution in [1.82, 2.24) is 19.5 Å². The van der Waals surface area contributed by atoms with Gasteiger partial charge in [0.1, 0.15) is 17.2 Å². The number of H-pyrrole nitrogens is 1. The lowest BCUT2D eigenvalue weighted by molar-refractivity contribution is 0.0916. The van der Waals surface area contributed by atoms with E-state index in [1.807, 2.05) is 0 Å². The van der Waals surface area contributed by atoms with Crippen LogP contribution in [0.3, 0.4) is 0 Å². The molecule has 5 aromatic rings. The van der Waals surface area contributed by atoms with E-state index in [1.165, 1.54) is 41.2 Å². The number of fused-ring (bicyclic) bond motifs is 1. The number of aromatic nitrogens is 4. The summed E-state index contributed by atoms with van der Waals surface area (Å²) in [5.74, 6) is -0.468. The first kappa shape index (κ1) is 20.4. The molecule has 0 fully saturated rings. The number of benzene rings is 2. The van der Waals surface area contributed by atoms with Crippen LogP contribution in [0.5, 0.6) is 11.5 Å². The average Bonchev–Trinajstić information content (AvgIpc) is 3.47. The van der Waals surface area contributed by atoms with Crippen LogP contribution in [-0.4, -0.2) is 25.4 Å². The van der Waals surface area contributed by atoms with Crippen LogP contribution in [0.15, 0.2) is 79.4 Å². The molecule has 2 aromatic carbocycles. The largest absolute Gasteiger partial charge is 0.453 e. The molecule has 0 atom stereocenters. The summed E-state index contributed by atoms with van der Waals surface area (Å²) < 4.78 is 34.9. The first-order valence-corrected chi connectivity index (χ1v) is 10.0. The van der Waals surface area contributed by atoms with Gasteiger partial charge >= 0.3 is 0 Å². The summed E-state index contributed by atoms with van der Waals surface area (Å²) in [7, 11) is 0. The summed E-state index contributed by atoms with van der Waals surface area (Å²) >= 11 is 0. The van der Waals surface area contributed by atoms with Crippen molar-refractivity contribution in [2.75, 3.05) is 5.32 Å². The molecular weight excluding hydrogens is 428 g/mol. The number of hydrogen-bond donors (Lipinski definition) is 2. The number of anilines is 2. The van der Waals surface area contributed by atoms with Crippen molar-refractivity contribution < 1.29 is 18.3 Å². The zero-order chi connectivity index (χ0) is 22.8. The zero-order valence-electron chi connectivity index (χ0n) is 17.1. The van der Waals surface area contributed by atoms with E-state index in [-0.39, 0.29) is 29.8 Å². The molecule has 0 unspecified atom stereocenters. The van der Waals surface area contributed by atoms with Crippen molar-refractivity contribution in [1.29, 1.82) is 0 Å². The Morgan fingerprint density at radius 1 is 1.00 bits per heavy atom. The first-order chi connectivity index (χ1) is 16.1. The number of nitrogens with zero attached hydrogens (tertiary/aromatic N) is 3. The molecule has 0 radical (unpaired) electrons. The predicted octanol–water partition coefficient (Wildman–Crippen LogP) is 5.46. The molecule has 9 heteroatoms. The van der Waals surface area contributed by atoms with Gasteiger partial charge in [-0.1, -0.05) is 12.1 Å². The van der Waals surface area contributed by atoms with Gasteiger partial charge in [0.15, 0.2) is 11.6 Å². The van der Waals surface area contributed by atoms with Crippen LogP contribution in [0.2, 0.25) is 0 Å². The van der Waals surface area contributed by atoms with E-state index in [4.69, 9.17) is 4.74 Å². The third-order valence-electron chi connectivity index (χ3n) is 5.01. The Hall–Kier alpha value is -4.53. The predicted molar refractivity (Wildman–Crippen MR) is 119 cm³/mol. The van der Waals surface area contributed by atoms with Crippen molar-refractivity contribution >= 4 is 28.6 Å². The maximum atomic E-state index is 14.8. The second-order valence-corrected chi connectivity index (χ2v) is 7.24. The zero-order valence-corrected chi connectivity index (χ0v) is 17.1. The molecule has 7 nitrogen and oxygen atoms in total. The SMILES string of the molecule is O=C(Cc1ccc(F)cc1)n1ccnc1Nc1ccc(Oc2ccnc3[nH]ccc23)c(F)c1. The standard InChI is InChI=1S/C24H17F2N5O2/c25-16-3-1-15(2-4-16)13-22(32)31-12-11-29-24(31)30-17-5-6-21(19(26)14-17)33-20-8-10-28-23-18(20)7-9-27-23/h1-12,14H,13H2,(H,27,28)(H,29,30). The molecule has 33 heavy (non-hydrogen) atoms. The van der Waals surface area contributed by atoms with Crippen LogP contribution in [0.1, 0.15) is 10.4 Å². The van der Waals surface area contributed by atoms with Gasteiger partial charge in [-0.2, -0.15) is 0 Å². The molecule has 0 saturated carbocycles. The van der Waals surface area contributed by atoms with Crippen molar-refractivity contribution in [3.8, 4) is 11.5 Å². The molecule has 164 valence electrons.